The van der Waals surface area contributed by atoms with Gasteiger partial charge in [-0.15, -0.1) is 0 Å². The molecule has 1 heterocycles. The monoisotopic (exact) mass is 523 g/mol. The Morgan fingerprint density at radius 2 is 0.921 bits per heavy atom. The van der Waals surface area contributed by atoms with Crippen LogP contribution in [-0.2, 0) is 0 Å². The standard InChI is InChI=1S/C34H38NO2P/c1-21-19-23(3)33-31(25(21)5)32-26(6)22(2)20-24(4)34(32)37-38(36-33)35(27(7)29-15-11-9-12-16-29)28(8)30-17-13-10-14-18-30/h9-20,27-28H,1-8H3/t27-,28-/m1/s1. The fourth-order valence-electron chi connectivity index (χ4n) is 5.62. The molecule has 0 N–H and O–H groups in total. The lowest BCUT2D eigenvalue weighted by Gasteiger charge is -2.31. The topological polar surface area (TPSA) is 29.5 Å². The van der Waals surface area contributed by atoms with Crippen LogP contribution in [0.3, 0.4) is 0 Å². The Labute approximate surface area is 227 Å². The second-order valence-electron chi connectivity index (χ2n) is 10.7. The van der Waals surface area contributed by atoms with Gasteiger partial charge in [-0.2, -0.15) is 4.67 Å². The Morgan fingerprint density at radius 1 is 0.553 bits per heavy atom. The second-order valence-corrected chi connectivity index (χ2v) is 12.0. The summed E-state index contributed by atoms with van der Waals surface area (Å²) in [4.78, 5) is 0. The number of nitrogens with zero attached hydrogens (tertiary/aromatic N) is 1. The van der Waals surface area contributed by atoms with E-state index >= 15 is 0 Å². The van der Waals surface area contributed by atoms with E-state index in [-0.39, 0.29) is 12.1 Å². The molecule has 0 unspecified atom stereocenters. The normalized spacial score (nSPS) is 13.3. The maximum Gasteiger partial charge on any atom is 0.310 e. The average molecular weight is 524 g/mol. The van der Waals surface area contributed by atoms with E-state index in [4.69, 9.17) is 8.39 Å². The minimum absolute atomic E-state index is 0.0706. The summed E-state index contributed by atoms with van der Waals surface area (Å²) in [6, 6.07) is 26.0. The number of fused-ring (bicyclic) bond motifs is 3. The predicted octanol–water partition coefficient (Wildman–Crippen LogP) is 10.6. The van der Waals surface area contributed by atoms with Crippen LogP contribution >= 0.6 is 8.16 Å². The van der Waals surface area contributed by atoms with Crippen LogP contribution in [0.25, 0.3) is 21.9 Å². The van der Waals surface area contributed by atoms with E-state index in [1.165, 1.54) is 44.2 Å². The molecule has 0 amide bonds. The Morgan fingerprint density at radius 3 is 1.29 bits per heavy atom. The third kappa shape index (κ3) is 4.59. The summed E-state index contributed by atoms with van der Waals surface area (Å²) in [6.07, 6.45) is 0. The first-order valence-electron chi connectivity index (χ1n) is 13.4. The van der Waals surface area contributed by atoms with Crippen LogP contribution in [0, 0.1) is 41.5 Å². The number of rotatable bonds is 5. The van der Waals surface area contributed by atoms with Crippen molar-refractivity contribution in [2.24, 2.45) is 0 Å². The van der Waals surface area contributed by atoms with Crippen molar-refractivity contribution in [3.8, 4) is 0 Å². The first-order chi connectivity index (χ1) is 18.2. The molecule has 0 radical (unpaired) electrons. The van der Waals surface area contributed by atoms with Crippen molar-refractivity contribution in [3.05, 3.63) is 117 Å². The summed E-state index contributed by atoms with van der Waals surface area (Å²) in [5, 5.41) is 2.35. The van der Waals surface area contributed by atoms with Gasteiger partial charge in [-0.05, 0) is 99.9 Å². The summed E-state index contributed by atoms with van der Waals surface area (Å²) in [5.41, 5.74) is 11.7. The predicted molar refractivity (Wildman–Crippen MR) is 163 cm³/mol. The van der Waals surface area contributed by atoms with Crippen molar-refractivity contribution in [3.63, 3.8) is 0 Å². The summed E-state index contributed by atoms with van der Waals surface area (Å²) in [7, 11) is -1.50. The van der Waals surface area contributed by atoms with Crippen LogP contribution in [0.15, 0.2) is 81.2 Å². The molecule has 0 bridgehead atoms. The lowest BCUT2D eigenvalue weighted by Crippen LogP contribution is -2.27. The number of hydrogen-bond donors (Lipinski definition) is 0. The van der Waals surface area contributed by atoms with Gasteiger partial charge in [0.05, 0.1) is 0 Å². The molecular formula is C34H38NO2P. The van der Waals surface area contributed by atoms with Crippen LogP contribution in [0.5, 0.6) is 0 Å². The van der Waals surface area contributed by atoms with E-state index < -0.39 is 8.16 Å². The molecule has 2 atom stereocenters. The van der Waals surface area contributed by atoms with E-state index in [0.29, 0.717) is 0 Å². The highest BCUT2D eigenvalue weighted by molar-refractivity contribution is 7.39. The zero-order valence-corrected chi connectivity index (χ0v) is 24.7. The molecule has 5 rings (SSSR count). The quantitative estimate of drug-likeness (QED) is 0.229. The Kier molecular flexibility index (Phi) is 7.27. The lowest BCUT2D eigenvalue weighted by molar-refractivity contribution is 0.557. The molecule has 0 aliphatic carbocycles. The maximum atomic E-state index is 7.07. The average Bonchev–Trinajstić information content (AvgIpc) is 3.10. The molecule has 38 heavy (non-hydrogen) atoms. The van der Waals surface area contributed by atoms with Crippen LogP contribution < -0.4 is 4.67 Å². The largest absolute Gasteiger partial charge is 0.407 e. The van der Waals surface area contributed by atoms with Crippen LogP contribution in [0.1, 0.15) is 70.4 Å². The molecule has 0 fully saturated rings. The van der Waals surface area contributed by atoms with Crippen molar-refractivity contribution in [2.75, 3.05) is 4.67 Å². The number of aryl methyl sites for hydroxylation is 6. The molecule has 3 nitrogen and oxygen atoms in total. The third-order valence-corrected chi connectivity index (χ3v) is 9.85. The summed E-state index contributed by atoms with van der Waals surface area (Å²) >= 11 is 0. The van der Waals surface area contributed by atoms with Gasteiger partial charge in [-0.3, -0.25) is 0 Å². The van der Waals surface area contributed by atoms with Gasteiger partial charge in [0, 0.05) is 22.9 Å². The highest BCUT2D eigenvalue weighted by atomic mass is 31.1. The van der Waals surface area contributed by atoms with Crippen molar-refractivity contribution >= 4 is 30.1 Å². The highest BCUT2D eigenvalue weighted by Crippen LogP contribution is 2.48. The van der Waals surface area contributed by atoms with Crippen molar-refractivity contribution < 1.29 is 8.39 Å². The minimum Gasteiger partial charge on any atom is -0.407 e. The van der Waals surface area contributed by atoms with E-state index in [0.717, 1.165) is 22.3 Å². The molecule has 0 aliphatic rings. The Balaban J connectivity index is 1.92. The molecule has 4 heteroatoms. The number of benzene rings is 4. The molecular weight excluding hydrogens is 485 g/mol. The van der Waals surface area contributed by atoms with Gasteiger partial charge >= 0.3 is 8.16 Å². The van der Waals surface area contributed by atoms with Gasteiger partial charge in [0.25, 0.3) is 0 Å². The van der Waals surface area contributed by atoms with Crippen molar-refractivity contribution in [2.45, 2.75) is 67.5 Å². The fraction of sp³-hybridized carbons (Fsp3) is 0.294. The third-order valence-electron chi connectivity index (χ3n) is 8.10. The van der Waals surface area contributed by atoms with Crippen LogP contribution in [0.4, 0.5) is 0 Å². The van der Waals surface area contributed by atoms with E-state index in [2.05, 4.69) is 133 Å². The van der Waals surface area contributed by atoms with Crippen molar-refractivity contribution in [1.29, 1.82) is 0 Å². The van der Waals surface area contributed by atoms with Gasteiger partial charge in [-0.1, -0.05) is 72.8 Å². The summed E-state index contributed by atoms with van der Waals surface area (Å²) < 4.78 is 16.6. The van der Waals surface area contributed by atoms with E-state index in [1.54, 1.807) is 0 Å². The van der Waals surface area contributed by atoms with Gasteiger partial charge < -0.3 is 8.39 Å². The zero-order chi connectivity index (χ0) is 27.1. The van der Waals surface area contributed by atoms with E-state index in [9.17, 15) is 0 Å². The lowest BCUT2D eigenvalue weighted by atomic mass is 9.94. The van der Waals surface area contributed by atoms with Gasteiger partial charge in [-0.25, -0.2) is 0 Å². The Hall–Kier alpha value is -3.26. The SMILES string of the molecule is Cc1cc(C)c2op(N([C@H](C)c3ccccc3)[C@H](C)c3ccccc3)oc3c(C)cc(C)c(C)c3c2c1C. The first kappa shape index (κ1) is 26.4. The first-order valence-corrected chi connectivity index (χ1v) is 14.6. The summed E-state index contributed by atoms with van der Waals surface area (Å²) in [6.45, 7) is 17.6. The van der Waals surface area contributed by atoms with Crippen molar-refractivity contribution in [1.82, 2.24) is 0 Å². The van der Waals surface area contributed by atoms with Crippen LogP contribution in [0.2, 0.25) is 0 Å². The highest BCUT2D eigenvalue weighted by Gasteiger charge is 2.29. The maximum absolute atomic E-state index is 7.07. The molecule has 0 aliphatic heterocycles. The molecule has 5 aromatic rings. The molecule has 0 saturated carbocycles. The zero-order valence-electron chi connectivity index (χ0n) is 23.8. The fourth-order valence-corrected chi connectivity index (χ4v) is 7.46. The van der Waals surface area contributed by atoms with Crippen LogP contribution in [-0.4, -0.2) is 0 Å². The molecule has 196 valence electrons. The van der Waals surface area contributed by atoms with Gasteiger partial charge in [0.15, 0.2) is 0 Å². The molecule has 0 saturated heterocycles. The minimum atomic E-state index is -1.50. The van der Waals surface area contributed by atoms with Gasteiger partial charge in [0.2, 0.25) is 0 Å². The molecule has 1 aromatic heterocycles. The smallest absolute Gasteiger partial charge is 0.310 e. The molecule has 4 aromatic carbocycles. The van der Waals surface area contributed by atoms with E-state index in [1.807, 2.05) is 0 Å². The molecule has 0 spiro atoms. The summed E-state index contributed by atoms with van der Waals surface area (Å²) in [5.74, 6) is 0. The second kappa shape index (κ2) is 10.5. The van der Waals surface area contributed by atoms with Gasteiger partial charge in [0.1, 0.15) is 11.2 Å². The number of hydrogen-bond acceptors (Lipinski definition) is 3. The Bertz CT molecular complexity index is 1530.